The van der Waals surface area contributed by atoms with Gasteiger partial charge in [-0.05, 0) is 29.5 Å². The summed E-state index contributed by atoms with van der Waals surface area (Å²) >= 11 is 0. The van der Waals surface area contributed by atoms with Crippen LogP contribution in [0.1, 0.15) is 16.1 Å². The molecule has 0 bridgehead atoms. The van der Waals surface area contributed by atoms with Crippen LogP contribution in [0.4, 0.5) is 20.3 Å². The van der Waals surface area contributed by atoms with Crippen LogP contribution in [0.3, 0.4) is 0 Å². The molecule has 1 aromatic carbocycles. The van der Waals surface area contributed by atoms with Crippen molar-refractivity contribution in [1.82, 2.24) is 10.2 Å². The van der Waals surface area contributed by atoms with Gasteiger partial charge in [-0.2, -0.15) is 8.78 Å². The molecule has 0 aliphatic heterocycles. The minimum Gasteiger partial charge on any atom is -0.433 e. The molecule has 0 atom stereocenters. The third-order valence-corrected chi connectivity index (χ3v) is 2.60. The predicted molar refractivity (Wildman–Crippen MR) is 71.0 cm³/mol. The molecule has 0 aliphatic rings. The molecule has 0 saturated carbocycles. The van der Waals surface area contributed by atoms with Crippen LogP contribution >= 0.6 is 0 Å². The number of carbonyl (C=O) groups is 1. The van der Waals surface area contributed by atoms with E-state index in [4.69, 9.17) is 0 Å². The smallest absolute Gasteiger partial charge is 0.387 e. The molecule has 0 spiro atoms. The maximum absolute atomic E-state index is 12.4. The Morgan fingerprint density at radius 2 is 2.18 bits per heavy atom. The second kappa shape index (κ2) is 6.16. The first-order chi connectivity index (χ1) is 10.4. The van der Waals surface area contributed by atoms with Crippen molar-refractivity contribution in [2.45, 2.75) is 13.5 Å². The van der Waals surface area contributed by atoms with Crippen molar-refractivity contribution in [3.8, 4) is 5.75 Å². The highest BCUT2D eigenvalue weighted by atomic mass is 19.3. The van der Waals surface area contributed by atoms with E-state index in [-0.39, 0.29) is 17.1 Å². The van der Waals surface area contributed by atoms with Gasteiger partial charge in [0.2, 0.25) is 0 Å². The first-order valence-electron chi connectivity index (χ1n) is 5.93. The third kappa shape index (κ3) is 3.53. The number of benzene rings is 1. The van der Waals surface area contributed by atoms with Crippen molar-refractivity contribution in [2.24, 2.45) is 0 Å². The minimum absolute atomic E-state index is 0.00144. The number of aromatic nitrogens is 2. The van der Waals surface area contributed by atoms with Crippen LogP contribution < -0.4 is 10.1 Å². The van der Waals surface area contributed by atoms with Crippen molar-refractivity contribution >= 4 is 17.4 Å². The predicted octanol–water partition coefficient (Wildman–Crippen LogP) is 2.48. The summed E-state index contributed by atoms with van der Waals surface area (Å²) in [6.07, 6.45) is 0. The highest BCUT2D eigenvalue weighted by Gasteiger charge is 2.18. The Bertz CT molecular complexity index is 717. The van der Waals surface area contributed by atoms with E-state index in [1.807, 2.05) is 0 Å². The van der Waals surface area contributed by atoms with Crippen molar-refractivity contribution in [1.29, 1.82) is 0 Å². The number of nitrogens with one attached hydrogen (secondary N) is 2. The molecule has 1 heterocycles. The highest BCUT2D eigenvalue weighted by Crippen LogP contribution is 2.27. The van der Waals surface area contributed by atoms with E-state index in [0.29, 0.717) is 5.56 Å². The Labute approximate surface area is 122 Å². The Kier molecular flexibility index (Phi) is 4.30. The van der Waals surface area contributed by atoms with Crippen molar-refractivity contribution in [3.05, 3.63) is 45.6 Å². The van der Waals surface area contributed by atoms with Gasteiger partial charge in [0.15, 0.2) is 5.69 Å². The molecule has 1 amide bonds. The number of alkyl halides is 2. The lowest BCUT2D eigenvalue weighted by molar-refractivity contribution is -0.389. The largest absolute Gasteiger partial charge is 0.433 e. The van der Waals surface area contributed by atoms with E-state index < -0.39 is 23.3 Å². The summed E-state index contributed by atoms with van der Waals surface area (Å²) in [6.45, 7) is -1.38. The Morgan fingerprint density at radius 3 is 2.77 bits per heavy atom. The van der Waals surface area contributed by atoms with Gasteiger partial charge in [-0.1, -0.05) is 11.2 Å². The molecule has 116 valence electrons. The van der Waals surface area contributed by atoms with Crippen LogP contribution in [-0.4, -0.2) is 27.6 Å². The molecular formula is C12H10F2N4O4. The summed E-state index contributed by atoms with van der Waals surface area (Å²) in [4.78, 5) is 21.7. The summed E-state index contributed by atoms with van der Waals surface area (Å²) in [7, 11) is 0. The van der Waals surface area contributed by atoms with Crippen LogP contribution in [-0.2, 0) is 0 Å². The number of aromatic amines is 1. The average Bonchev–Trinajstić information content (AvgIpc) is 2.91. The summed E-state index contributed by atoms with van der Waals surface area (Å²) < 4.78 is 29.0. The fourth-order valence-electron chi connectivity index (χ4n) is 1.63. The van der Waals surface area contributed by atoms with Gasteiger partial charge in [0.1, 0.15) is 5.75 Å². The molecule has 10 heteroatoms. The maximum Gasteiger partial charge on any atom is 0.387 e. The normalized spacial score (nSPS) is 10.5. The van der Waals surface area contributed by atoms with Crippen LogP contribution in [0.5, 0.6) is 5.75 Å². The minimum atomic E-state index is -3.05. The van der Waals surface area contributed by atoms with Gasteiger partial charge < -0.3 is 20.2 Å². The van der Waals surface area contributed by atoms with E-state index in [2.05, 4.69) is 20.3 Å². The van der Waals surface area contributed by atoms with Crippen LogP contribution in [0.15, 0.2) is 24.3 Å². The number of nitro groups is 1. The van der Waals surface area contributed by atoms with Crippen molar-refractivity contribution in [2.75, 3.05) is 5.32 Å². The maximum atomic E-state index is 12.4. The van der Waals surface area contributed by atoms with Crippen LogP contribution in [0.2, 0.25) is 0 Å². The molecule has 0 saturated heterocycles. The first-order valence-corrected chi connectivity index (χ1v) is 5.93. The first kappa shape index (κ1) is 15.4. The summed E-state index contributed by atoms with van der Waals surface area (Å²) in [5.74, 6) is -1.47. The molecule has 1 aromatic heterocycles. The second-order valence-corrected chi connectivity index (χ2v) is 4.23. The van der Waals surface area contributed by atoms with E-state index >= 15 is 0 Å². The summed E-state index contributed by atoms with van der Waals surface area (Å²) in [6, 6.07) is 5.22. The van der Waals surface area contributed by atoms with E-state index in [0.717, 1.165) is 6.07 Å². The topological polar surface area (TPSA) is 110 Å². The number of rotatable bonds is 5. The number of carbonyl (C=O) groups excluding carboxylic acids is 1. The SMILES string of the molecule is Cc1ccc(NC(=O)c2cc([N+](=O)[O-])[nH]n2)c(OC(F)F)c1. The van der Waals surface area contributed by atoms with E-state index in [1.54, 1.807) is 13.0 Å². The summed E-state index contributed by atoms with van der Waals surface area (Å²) in [5.41, 5.74) is 0.404. The molecule has 0 aliphatic carbocycles. The van der Waals surface area contributed by atoms with Crippen LogP contribution in [0.25, 0.3) is 0 Å². The average molecular weight is 312 g/mol. The second-order valence-electron chi connectivity index (χ2n) is 4.23. The fraction of sp³-hybridized carbons (Fsp3) is 0.167. The van der Waals surface area contributed by atoms with Gasteiger partial charge in [-0.25, -0.2) is 0 Å². The van der Waals surface area contributed by atoms with Gasteiger partial charge in [0.05, 0.1) is 11.8 Å². The number of aryl methyl sites for hydroxylation is 1. The zero-order chi connectivity index (χ0) is 16.3. The number of amides is 1. The molecule has 22 heavy (non-hydrogen) atoms. The lowest BCUT2D eigenvalue weighted by Crippen LogP contribution is -2.14. The van der Waals surface area contributed by atoms with Gasteiger partial charge in [-0.3, -0.25) is 4.79 Å². The van der Waals surface area contributed by atoms with Crippen molar-refractivity contribution < 1.29 is 23.2 Å². The number of halogens is 2. The Morgan fingerprint density at radius 1 is 1.45 bits per heavy atom. The number of ether oxygens (including phenoxy) is 1. The van der Waals surface area contributed by atoms with Crippen LogP contribution in [0, 0.1) is 17.0 Å². The zero-order valence-electron chi connectivity index (χ0n) is 11.2. The summed E-state index contributed by atoms with van der Waals surface area (Å²) in [5, 5.41) is 18.4. The fourth-order valence-corrected chi connectivity index (χ4v) is 1.63. The number of H-pyrrole nitrogens is 1. The highest BCUT2D eigenvalue weighted by molar-refractivity contribution is 6.04. The number of nitrogens with zero attached hydrogens (tertiary/aromatic N) is 2. The van der Waals surface area contributed by atoms with Gasteiger partial charge in [0, 0.05) is 0 Å². The zero-order valence-corrected chi connectivity index (χ0v) is 11.2. The molecule has 2 aromatic rings. The third-order valence-electron chi connectivity index (χ3n) is 2.60. The molecule has 0 unspecified atom stereocenters. The number of hydrogen-bond acceptors (Lipinski definition) is 5. The lowest BCUT2D eigenvalue weighted by atomic mass is 10.2. The molecule has 8 nitrogen and oxygen atoms in total. The molecule has 2 rings (SSSR count). The van der Waals surface area contributed by atoms with Gasteiger partial charge in [-0.15, -0.1) is 5.10 Å². The van der Waals surface area contributed by atoms with Gasteiger partial charge in [0.25, 0.3) is 5.91 Å². The molecule has 0 radical (unpaired) electrons. The molecule has 2 N–H and O–H groups in total. The molecular weight excluding hydrogens is 302 g/mol. The molecule has 0 fully saturated rings. The quantitative estimate of drug-likeness (QED) is 0.651. The van der Waals surface area contributed by atoms with Crippen molar-refractivity contribution in [3.63, 3.8) is 0 Å². The Balaban J connectivity index is 2.21. The van der Waals surface area contributed by atoms with E-state index in [1.165, 1.54) is 12.1 Å². The lowest BCUT2D eigenvalue weighted by Gasteiger charge is -2.11. The number of hydrogen-bond donors (Lipinski definition) is 2. The number of anilines is 1. The van der Waals surface area contributed by atoms with E-state index in [9.17, 15) is 23.7 Å². The standard InChI is InChI=1S/C12H10F2N4O4/c1-6-2-3-7(9(4-6)22-12(13)14)15-11(19)8-5-10(17-16-8)18(20)21/h2-5,12H,1H3,(H,15,19)(H,16,17). The monoisotopic (exact) mass is 312 g/mol. The Hall–Kier alpha value is -3.04. The van der Waals surface area contributed by atoms with Gasteiger partial charge >= 0.3 is 12.4 Å².